The number of carbonyl (C=O) groups is 1. The average molecular weight is 482 g/mol. The maximum absolute atomic E-state index is 13.3. The Balaban J connectivity index is 1.71. The molecule has 3 rings (SSSR count). The van der Waals surface area contributed by atoms with E-state index >= 15 is 0 Å². The first kappa shape index (κ1) is 25.2. The minimum absolute atomic E-state index is 0.0153. The molecule has 0 atom stereocenters. The van der Waals surface area contributed by atoms with E-state index in [2.05, 4.69) is 15.6 Å². The van der Waals surface area contributed by atoms with E-state index in [0.29, 0.717) is 30.8 Å². The number of nitrogens with zero attached hydrogens (tertiary/aromatic N) is 1. The van der Waals surface area contributed by atoms with Crippen LogP contribution in [0.15, 0.2) is 78.0 Å². The first-order valence-corrected chi connectivity index (χ1v) is 12.9. The van der Waals surface area contributed by atoms with E-state index in [9.17, 15) is 13.2 Å². The molecule has 2 amide bonds. The van der Waals surface area contributed by atoms with Gasteiger partial charge in [0.1, 0.15) is 5.75 Å². The standard InChI is InChI=1S/C26H31N3O4S/c1-4-26(5-2,21-9-6-10-23(16-21)33-3)19-34(31,32)24-13-11-22(12-14-24)29-25(30)28-18-20-8-7-15-27-17-20/h6-17H,4-5,18-19H2,1-3H3,(H2,28,29,30). The summed E-state index contributed by atoms with van der Waals surface area (Å²) in [7, 11) is -1.98. The maximum Gasteiger partial charge on any atom is 0.319 e. The molecule has 1 aromatic heterocycles. The topological polar surface area (TPSA) is 97.4 Å². The second-order valence-corrected chi connectivity index (χ2v) is 10.2. The monoisotopic (exact) mass is 481 g/mol. The Kier molecular flexibility index (Phi) is 8.28. The Morgan fingerprint density at radius 3 is 2.38 bits per heavy atom. The molecule has 0 fully saturated rings. The molecular formula is C26H31N3O4S. The molecule has 0 saturated heterocycles. The van der Waals surface area contributed by atoms with Crippen LogP contribution in [-0.4, -0.2) is 32.3 Å². The Morgan fingerprint density at radius 1 is 1.03 bits per heavy atom. The normalized spacial score (nSPS) is 11.6. The van der Waals surface area contributed by atoms with Gasteiger partial charge in [-0.05, 0) is 66.4 Å². The molecule has 7 nitrogen and oxygen atoms in total. The number of methoxy groups -OCH3 is 1. The highest BCUT2D eigenvalue weighted by Gasteiger charge is 2.35. The number of amides is 2. The number of benzene rings is 2. The summed E-state index contributed by atoms with van der Waals surface area (Å²) in [6.07, 6.45) is 4.69. The molecule has 0 saturated carbocycles. The van der Waals surface area contributed by atoms with E-state index < -0.39 is 15.3 Å². The molecule has 0 radical (unpaired) electrons. The van der Waals surface area contributed by atoms with E-state index in [4.69, 9.17) is 4.74 Å². The van der Waals surface area contributed by atoms with Gasteiger partial charge in [-0.2, -0.15) is 0 Å². The molecule has 0 spiro atoms. The van der Waals surface area contributed by atoms with Gasteiger partial charge in [0.15, 0.2) is 9.84 Å². The lowest BCUT2D eigenvalue weighted by Crippen LogP contribution is -2.33. The van der Waals surface area contributed by atoms with Crippen molar-refractivity contribution in [3.63, 3.8) is 0 Å². The Bertz CT molecular complexity index is 1190. The third-order valence-electron chi connectivity index (χ3n) is 6.15. The fraction of sp³-hybridized carbons (Fsp3) is 0.308. The highest BCUT2D eigenvalue weighted by molar-refractivity contribution is 7.91. The van der Waals surface area contributed by atoms with Gasteiger partial charge in [-0.25, -0.2) is 13.2 Å². The summed E-state index contributed by atoms with van der Waals surface area (Å²) in [4.78, 5) is 16.4. The number of sulfone groups is 1. The molecule has 0 aliphatic carbocycles. The molecule has 1 heterocycles. The minimum atomic E-state index is -3.58. The molecule has 2 N–H and O–H groups in total. The fourth-order valence-electron chi connectivity index (χ4n) is 3.95. The van der Waals surface area contributed by atoms with Crippen LogP contribution in [0.2, 0.25) is 0 Å². The van der Waals surface area contributed by atoms with E-state index in [-0.39, 0.29) is 16.7 Å². The lowest BCUT2D eigenvalue weighted by atomic mass is 9.77. The van der Waals surface area contributed by atoms with Crippen molar-refractivity contribution in [1.29, 1.82) is 0 Å². The van der Waals surface area contributed by atoms with E-state index in [1.54, 1.807) is 37.7 Å². The second-order valence-electron chi connectivity index (χ2n) is 8.17. The molecule has 8 heteroatoms. The highest BCUT2D eigenvalue weighted by Crippen LogP contribution is 2.36. The van der Waals surface area contributed by atoms with Gasteiger partial charge in [0, 0.05) is 30.0 Å². The number of hydrogen-bond donors (Lipinski definition) is 2. The fourth-order valence-corrected chi connectivity index (χ4v) is 5.97. The van der Waals surface area contributed by atoms with Crippen LogP contribution >= 0.6 is 0 Å². The molecule has 180 valence electrons. The third kappa shape index (κ3) is 6.14. The summed E-state index contributed by atoms with van der Waals surface area (Å²) in [6, 6.07) is 17.2. The van der Waals surface area contributed by atoms with Crippen LogP contribution in [0.1, 0.15) is 37.8 Å². The lowest BCUT2D eigenvalue weighted by molar-refractivity contribution is 0.251. The summed E-state index contributed by atoms with van der Waals surface area (Å²) in [5.74, 6) is 0.692. The number of rotatable bonds is 10. The summed E-state index contributed by atoms with van der Waals surface area (Å²) in [5.41, 5.74) is 1.80. The number of urea groups is 1. The number of nitrogens with one attached hydrogen (secondary N) is 2. The van der Waals surface area contributed by atoms with Gasteiger partial charge in [-0.1, -0.05) is 32.0 Å². The first-order chi connectivity index (χ1) is 16.3. The van der Waals surface area contributed by atoms with Crippen molar-refractivity contribution in [3.8, 4) is 5.75 Å². The Hall–Kier alpha value is -3.39. The van der Waals surface area contributed by atoms with Crippen LogP contribution in [-0.2, 0) is 21.8 Å². The Morgan fingerprint density at radius 2 is 1.76 bits per heavy atom. The molecule has 0 unspecified atom stereocenters. The number of anilines is 1. The Labute approximate surface area is 201 Å². The number of ether oxygens (including phenoxy) is 1. The average Bonchev–Trinajstić information content (AvgIpc) is 2.87. The zero-order valence-corrected chi connectivity index (χ0v) is 20.6. The van der Waals surface area contributed by atoms with Crippen molar-refractivity contribution >= 4 is 21.6 Å². The van der Waals surface area contributed by atoms with Gasteiger partial charge in [0.2, 0.25) is 0 Å². The number of carbonyl (C=O) groups excluding carboxylic acids is 1. The summed E-state index contributed by atoms with van der Waals surface area (Å²) in [5, 5.41) is 5.47. The van der Waals surface area contributed by atoms with Gasteiger partial charge < -0.3 is 15.4 Å². The van der Waals surface area contributed by atoms with Crippen LogP contribution in [0.3, 0.4) is 0 Å². The summed E-state index contributed by atoms with van der Waals surface area (Å²) in [6.45, 7) is 4.36. The van der Waals surface area contributed by atoms with E-state index in [1.165, 1.54) is 12.1 Å². The van der Waals surface area contributed by atoms with Crippen molar-refractivity contribution in [2.24, 2.45) is 0 Å². The van der Waals surface area contributed by atoms with Gasteiger partial charge in [0.25, 0.3) is 0 Å². The van der Waals surface area contributed by atoms with Crippen molar-refractivity contribution in [2.45, 2.75) is 43.5 Å². The minimum Gasteiger partial charge on any atom is -0.497 e. The smallest absolute Gasteiger partial charge is 0.319 e. The first-order valence-electron chi connectivity index (χ1n) is 11.2. The van der Waals surface area contributed by atoms with Crippen LogP contribution in [0.25, 0.3) is 0 Å². The highest BCUT2D eigenvalue weighted by atomic mass is 32.2. The molecule has 0 aliphatic rings. The molecule has 0 aliphatic heterocycles. The number of aromatic nitrogens is 1. The van der Waals surface area contributed by atoms with Crippen molar-refractivity contribution < 1.29 is 17.9 Å². The zero-order chi connectivity index (χ0) is 24.6. The van der Waals surface area contributed by atoms with Gasteiger partial charge in [-0.3, -0.25) is 4.98 Å². The van der Waals surface area contributed by atoms with Gasteiger partial charge >= 0.3 is 6.03 Å². The third-order valence-corrected chi connectivity index (χ3v) is 8.07. The predicted octanol–water partition coefficient (Wildman–Crippen LogP) is 4.94. The zero-order valence-electron chi connectivity index (χ0n) is 19.7. The SMILES string of the molecule is CCC(CC)(CS(=O)(=O)c1ccc(NC(=O)NCc2cccnc2)cc1)c1cccc(OC)c1. The van der Waals surface area contributed by atoms with Gasteiger partial charge in [-0.15, -0.1) is 0 Å². The van der Waals surface area contributed by atoms with Crippen molar-refractivity contribution in [1.82, 2.24) is 10.3 Å². The summed E-state index contributed by atoms with van der Waals surface area (Å²) >= 11 is 0. The maximum atomic E-state index is 13.3. The van der Waals surface area contributed by atoms with Gasteiger partial charge in [0.05, 0.1) is 17.8 Å². The second kappa shape index (κ2) is 11.2. The quantitative estimate of drug-likeness (QED) is 0.427. The number of pyridine rings is 1. The summed E-state index contributed by atoms with van der Waals surface area (Å²) < 4.78 is 32.0. The predicted molar refractivity (Wildman–Crippen MR) is 134 cm³/mol. The molecule has 3 aromatic rings. The van der Waals surface area contributed by atoms with Crippen molar-refractivity contribution in [2.75, 3.05) is 18.2 Å². The van der Waals surface area contributed by atoms with Crippen molar-refractivity contribution in [3.05, 3.63) is 84.2 Å². The van der Waals surface area contributed by atoms with Crippen LogP contribution in [0, 0.1) is 0 Å². The molecule has 34 heavy (non-hydrogen) atoms. The number of hydrogen-bond acceptors (Lipinski definition) is 5. The lowest BCUT2D eigenvalue weighted by Gasteiger charge is -2.32. The molecule has 2 aromatic carbocycles. The largest absolute Gasteiger partial charge is 0.497 e. The van der Waals surface area contributed by atoms with Crippen LogP contribution in [0.5, 0.6) is 5.75 Å². The molecular weight excluding hydrogens is 450 g/mol. The van der Waals surface area contributed by atoms with E-state index in [0.717, 1.165) is 11.1 Å². The van der Waals surface area contributed by atoms with Crippen LogP contribution < -0.4 is 15.4 Å². The van der Waals surface area contributed by atoms with E-state index in [1.807, 2.05) is 44.2 Å². The molecule has 0 bridgehead atoms. The van der Waals surface area contributed by atoms with Crippen LogP contribution in [0.4, 0.5) is 10.5 Å².